The molecule has 0 bridgehead atoms. The van der Waals surface area contributed by atoms with E-state index in [-0.39, 0.29) is 6.54 Å². The molecular formula is C5H11F3N2. The monoisotopic (exact) mass is 156 g/mol. The normalized spacial score (nSPS) is 12.6. The van der Waals surface area contributed by atoms with Gasteiger partial charge in [-0.1, -0.05) is 0 Å². The van der Waals surface area contributed by atoms with Crippen molar-refractivity contribution in [1.29, 1.82) is 0 Å². The Kier molecular flexibility index (Phi) is 3.67. The van der Waals surface area contributed by atoms with E-state index in [0.717, 1.165) is 7.05 Å². The van der Waals surface area contributed by atoms with Crippen molar-refractivity contribution in [2.24, 2.45) is 0 Å². The van der Waals surface area contributed by atoms with Gasteiger partial charge in [-0.05, 0) is 14.1 Å². The number of halogens is 3. The lowest BCUT2D eigenvalue weighted by Gasteiger charge is -2.18. The van der Waals surface area contributed by atoms with Crippen molar-refractivity contribution in [3.05, 3.63) is 0 Å². The van der Waals surface area contributed by atoms with Gasteiger partial charge in [0.15, 0.2) is 0 Å². The third-order valence-corrected chi connectivity index (χ3v) is 1.13. The second-order valence-corrected chi connectivity index (χ2v) is 1.99. The molecule has 0 aliphatic rings. The maximum absolute atomic E-state index is 11.7. The Hall–Kier alpha value is -0.290. The minimum absolute atomic E-state index is 0.0139. The highest BCUT2D eigenvalue weighted by Crippen LogP contribution is 2.17. The van der Waals surface area contributed by atoms with E-state index in [4.69, 9.17) is 0 Å². The Morgan fingerprint density at radius 3 is 2.20 bits per heavy atom. The van der Waals surface area contributed by atoms with E-state index in [0.29, 0.717) is 11.4 Å². The Labute approximate surface area is 58.0 Å². The smallest absolute Gasteiger partial charge is 0.318 e. The van der Waals surface area contributed by atoms with Crippen molar-refractivity contribution in [3.8, 4) is 0 Å². The molecule has 2 nitrogen and oxygen atoms in total. The molecule has 0 rings (SSSR count). The molecule has 0 spiro atoms. The van der Waals surface area contributed by atoms with Gasteiger partial charge in [0, 0.05) is 13.1 Å². The topological polar surface area (TPSA) is 15.3 Å². The van der Waals surface area contributed by atoms with E-state index in [1.807, 2.05) is 0 Å². The lowest BCUT2D eigenvalue weighted by atomic mass is 10.6. The van der Waals surface area contributed by atoms with E-state index in [2.05, 4.69) is 5.32 Å². The van der Waals surface area contributed by atoms with Crippen molar-refractivity contribution in [3.63, 3.8) is 0 Å². The van der Waals surface area contributed by atoms with E-state index in [9.17, 15) is 13.2 Å². The molecule has 0 aliphatic heterocycles. The predicted molar refractivity (Wildman–Crippen MR) is 32.6 cm³/mol. The van der Waals surface area contributed by atoms with Gasteiger partial charge in [-0.15, -0.1) is 0 Å². The first kappa shape index (κ1) is 9.71. The van der Waals surface area contributed by atoms with E-state index >= 15 is 0 Å². The number of hydrogen-bond donors (Lipinski definition) is 1. The summed E-state index contributed by atoms with van der Waals surface area (Å²) in [4.78, 5) is 0.337. The number of nitrogens with one attached hydrogen (secondary N) is 1. The number of alkyl halides is 3. The first-order chi connectivity index (χ1) is 4.48. The molecule has 0 atom stereocenters. The van der Waals surface area contributed by atoms with Crippen molar-refractivity contribution in [2.75, 3.05) is 27.2 Å². The van der Waals surface area contributed by atoms with Crippen molar-refractivity contribution < 1.29 is 13.2 Å². The maximum atomic E-state index is 11.7. The SMILES string of the molecule is CNCCN(C)C(F)(F)F. The molecule has 62 valence electrons. The van der Waals surface area contributed by atoms with E-state index in [1.54, 1.807) is 7.05 Å². The zero-order chi connectivity index (χ0) is 8.20. The van der Waals surface area contributed by atoms with Crippen LogP contribution in [0.4, 0.5) is 13.2 Å². The fraction of sp³-hybridized carbons (Fsp3) is 1.00. The van der Waals surface area contributed by atoms with Gasteiger partial charge in [-0.25, -0.2) is 4.90 Å². The summed E-state index contributed by atoms with van der Waals surface area (Å²) in [6.45, 7) is 0.329. The standard InChI is InChI=1S/C5H11F3N2/c1-9-3-4-10(2)5(6,7)8/h9H,3-4H2,1-2H3. The molecule has 0 aromatic heterocycles. The van der Waals surface area contributed by atoms with Crippen LogP contribution in [0.2, 0.25) is 0 Å². The molecule has 0 heterocycles. The van der Waals surface area contributed by atoms with Crippen LogP contribution in [0.3, 0.4) is 0 Å². The molecule has 0 amide bonds. The molecule has 1 N–H and O–H groups in total. The number of rotatable bonds is 3. The molecule has 0 fully saturated rings. The predicted octanol–water partition coefficient (Wildman–Crippen LogP) is 0.657. The number of hydrogen-bond acceptors (Lipinski definition) is 2. The first-order valence-corrected chi connectivity index (χ1v) is 2.91. The van der Waals surface area contributed by atoms with Crippen LogP contribution in [-0.4, -0.2) is 38.4 Å². The Bertz CT molecular complexity index is 91.4. The quantitative estimate of drug-likeness (QED) is 0.604. The number of likely N-dealkylation sites (N-methyl/N-ethyl adjacent to an activating group) is 2. The Morgan fingerprint density at radius 2 is 1.90 bits per heavy atom. The van der Waals surface area contributed by atoms with Gasteiger partial charge in [-0.2, -0.15) is 13.2 Å². The number of nitrogens with zero attached hydrogens (tertiary/aromatic N) is 1. The average Bonchev–Trinajstić information content (AvgIpc) is 1.80. The third kappa shape index (κ3) is 3.68. The largest absolute Gasteiger partial charge is 0.459 e. The second kappa shape index (κ2) is 3.78. The second-order valence-electron chi connectivity index (χ2n) is 1.99. The molecule has 0 aromatic carbocycles. The summed E-state index contributed by atoms with van der Waals surface area (Å²) in [6.07, 6.45) is -4.20. The molecule has 0 radical (unpaired) electrons. The summed E-state index contributed by atoms with van der Waals surface area (Å²) in [5.41, 5.74) is 0. The molecule has 5 heteroatoms. The van der Waals surface area contributed by atoms with Gasteiger partial charge in [0.05, 0.1) is 0 Å². The van der Waals surface area contributed by atoms with Crippen molar-refractivity contribution >= 4 is 0 Å². The fourth-order valence-electron chi connectivity index (χ4n) is 0.406. The maximum Gasteiger partial charge on any atom is 0.459 e. The van der Waals surface area contributed by atoms with Crippen LogP contribution in [0.5, 0.6) is 0 Å². The van der Waals surface area contributed by atoms with Crippen molar-refractivity contribution in [1.82, 2.24) is 10.2 Å². The van der Waals surface area contributed by atoms with Crippen LogP contribution >= 0.6 is 0 Å². The van der Waals surface area contributed by atoms with Gasteiger partial charge >= 0.3 is 6.30 Å². The molecule has 0 saturated carbocycles. The molecule has 10 heavy (non-hydrogen) atoms. The minimum atomic E-state index is -4.20. The highest BCUT2D eigenvalue weighted by Gasteiger charge is 2.32. The fourth-order valence-corrected chi connectivity index (χ4v) is 0.406. The lowest BCUT2D eigenvalue weighted by Crippen LogP contribution is -2.38. The van der Waals surface area contributed by atoms with Gasteiger partial charge in [0.2, 0.25) is 0 Å². The van der Waals surface area contributed by atoms with Crippen LogP contribution in [0, 0.1) is 0 Å². The summed E-state index contributed by atoms with van der Waals surface area (Å²) < 4.78 is 35.0. The van der Waals surface area contributed by atoms with Gasteiger partial charge in [0.25, 0.3) is 0 Å². The summed E-state index contributed by atoms with van der Waals surface area (Å²) >= 11 is 0. The lowest BCUT2D eigenvalue weighted by molar-refractivity contribution is -0.235. The van der Waals surface area contributed by atoms with Crippen molar-refractivity contribution in [2.45, 2.75) is 6.30 Å². The first-order valence-electron chi connectivity index (χ1n) is 2.91. The van der Waals surface area contributed by atoms with Crippen LogP contribution < -0.4 is 5.32 Å². The van der Waals surface area contributed by atoms with Crippen LogP contribution in [0.25, 0.3) is 0 Å². The molecule has 0 aliphatic carbocycles. The summed E-state index contributed by atoms with van der Waals surface area (Å²) in [5.74, 6) is 0. The Balaban J connectivity index is 3.52. The van der Waals surface area contributed by atoms with Crippen LogP contribution in [0.15, 0.2) is 0 Å². The molecule has 0 unspecified atom stereocenters. The molecule has 0 saturated heterocycles. The molecule has 0 aromatic rings. The van der Waals surface area contributed by atoms with Gasteiger partial charge in [0.1, 0.15) is 0 Å². The van der Waals surface area contributed by atoms with Gasteiger partial charge in [-0.3, -0.25) is 0 Å². The zero-order valence-corrected chi connectivity index (χ0v) is 6.00. The average molecular weight is 156 g/mol. The summed E-state index contributed by atoms with van der Waals surface area (Å²) in [6, 6.07) is 0. The third-order valence-electron chi connectivity index (χ3n) is 1.13. The Morgan fingerprint density at radius 1 is 1.40 bits per heavy atom. The van der Waals surface area contributed by atoms with Gasteiger partial charge < -0.3 is 5.32 Å². The van der Waals surface area contributed by atoms with Crippen LogP contribution in [-0.2, 0) is 0 Å². The van der Waals surface area contributed by atoms with E-state index in [1.165, 1.54) is 0 Å². The highest BCUT2D eigenvalue weighted by molar-refractivity contribution is 4.54. The summed E-state index contributed by atoms with van der Waals surface area (Å²) in [7, 11) is 2.64. The van der Waals surface area contributed by atoms with Crippen LogP contribution in [0.1, 0.15) is 0 Å². The van der Waals surface area contributed by atoms with E-state index < -0.39 is 6.30 Å². The minimum Gasteiger partial charge on any atom is -0.318 e. The molecular weight excluding hydrogens is 145 g/mol. The highest BCUT2D eigenvalue weighted by atomic mass is 19.4. The summed E-state index contributed by atoms with van der Waals surface area (Å²) in [5, 5.41) is 2.63. The zero-order valence-electron chi connectivity index (χ0n) is 6.00.